The van der Waals surface area contributed by atoms with Crippen molar-refractivity contribution in [1.82, 2.24) is 9.97 Å². The molecule has 0 aliphatic heterocycles. The van der Waals surface area contributed by atoms with Crippen molar-refractivity contribution in [3.05, 3.63) is 39.1 Å². The van der Waals surface area contributed by atoms with Crippen molar-refractivity contribution in [2.24, 2.45) is 0 Å². The molecule has 106 valence electrons. The van der Waals surface area contributed by atoms with Crippen molar-refractivity contribution in [1.29, 1.82) is 0 Å². The molecule has 1 heterocycles. The Morgan fingerprint density at radius 2 is 1.75 bits per heavy atom. The van der Waals surface area contributed by atoms with Crippen LogP contribution in [0, 0.1) is 0 Å². The maximum Gasteiger partial charge on any atom is 0.224 e. The van der Waals surface area contributed by atoms with Gasteiger partial charge in [0.2, 0.25) is 5.88 Å². The van der Waals surface area contributed by atoms with E-state index in [1.807, 2.05) is 6.92 Å². The summed E-state index contributed by atoms with van der Waals surface area (Å²) in [5, 5.41) is 4.05. The molecule has 0 fully saturated rings. The SMILES string of the molecule is CCc1nc(NC)cc(Oc2cc(Cl)c(Cl)cc2Cl)n1. The Balaban J connectivity index is 2.36. The van der Waals surface area contributed by atoms with Gasteiger partial charge in [-0.3, -0.25) is 0 Å². The summed E-state index contributed by atoms with van der Waals surface area (Å²) >= 11 is 17.9. The highest BCUT2D eigenvalue weighted by Crippen LogP contribution is 2.36. The zero-order chi connectivity index (χ0) is 14.7. The largest absolute Gasteiger partial charge is 0.437 e. The third-order valence-corrected chi connectivity index (χ3v) is 3.53. The second kappa shape index (κ2) is 6.48. The number of hydrogen-bond acceptors (Lipinski definition) is 4. The zero-order valence-corrected chi connectivity index (χ0v) is 13.1. The number of nitrogens with zero attached hydrogens (tertiary/aromatic N) is 2. The standard InChI is InChI=1S/C13H12Cl3N3O/c1-3-11-18-12(17-2)6-13(19-11)20-10-5-8(15)7(14)4-9(10)16/h4-6H,3H2,1-2H3,(H,17,18,19). The van der Waals surface area contributed by atoms with Crippen LogP contribution >= 0.6 is 34.8 Å². The maximum absolute atomic E-state index is 6.07. The summed E-state index contributed by atoms with van der Waals surface area (Å²) in [4.78, 5) is 8.56. The van der Waals surface area contributed by atoms with Gasteiger partial charge in [0.15, 0.2) is 0 Å². The molecule has 0 saturated heterocycles. The summed E-state index contributed by atoms with van der Waals surface area (Å²) in [7, 11) is 1.78. The Bertz CT molecular complexity index is 612. The number of ether oxygens (including phenoxy) is 1. The molecule has 4 nitrogen and oxygen atoms in total. The van der Waals surface area contributed by atoms with Crippen LogP contribution in [0.5, 0.6) is 11.6 Å². The highest BCUT2D eigenvalue weighted by molar-refractivity contribution is 6.43. The quantitative estimate of drug-likeness (QED) is 0.814. The molecule has 0 aliphatic carbocycles. The summed E-state index contributed by atoms with van der Waals surface area (Å²) < 4.78 is 5.66. The van der Waals surface area contributed by atoms with E-state index in [-0.39, 0.29) is 0 Å². The van der Waals surface area contributed by atoms with Gasteiger partial charge in [-0.25, -0.2) is 4.98 Å². The summed E-state index contributed by atoms with van der Waals surface area (Å²) in [5.74, 6) is 2.12. The monoisotopic (exact) mass is 331 g/mol. The van der Waals surface area contributed by atoms with Crippen LogP contribution in [-0.4, -0.2) is 17.0 Å². The molecule has 2 rings (SSSR count). The minimum absolute atomic E-state index is 0.363. The molecule has 2 aromatic rings. The molecule has 0 atom stereocenters. The number of anilines is 1. The second-order valence-electron chi connectivity index (χ2n) is 3.91. The molecular weight excluding hydrogens is 321 g/mol. The first-order valence-corrected chi connectivity index (χ1v) is 7.05. The summed E-state index contributed by atoms with van der Waals surface area (Å²) in [5.41, 5.74) is 0. The van der Waals surface area contributed by atoms with E-state index in [1.54, 1.807) is 19.2 Å². The fourth-order valence-electron chi connectivity index (χ4n) is 1.51. The Morgan fingerprint density at radius 3 is 2.40 bits per heavy atom. The number of hydrogen-bond donors (Lipinski definition) is 1. The first kappa shape index (κ1) is 15.2. The number of aromatic nitrogens is 2. The van der Waals surface area contributed by atoms with Crippen molar-refractivity contribution in [3.8, 4) is 11.6 Å². The van der Waals surface area contributed by atoms with Crippen molar-refractivity contribution < 1.29 is 4.74 Å². The van der Waals surface area contributed by atoms with Gasteiger partial charge in [-0.15, -0.1) is 0 Å². The molecule has 0 spiro atoms. The number of benzene rings is 1. The van der Waals surface area contributed by atoms with Gasteiger partial charge in [0.05, 0.1) is 15.1 Å². The molecule has 0 amide bonds. The second-order valence-corrected chi connectivity index (χ2v) is 5.13. The average Bonchev–Trinajstić information content (AvgIpc) is 2.44. The van der Waals surface area contributed by atoms with Gasteiger partial charge in [-0.2, -0.15) is 4.98 Å². The maximum atomic E-state index is 6.07. The van der Waals surface area contributed by atoms with Crippen LogP contribution in [-0.2, 0) is 6.42 Å². The van der Waals surface area contributed by atoms with Crippen LogP contribution < -0.4 is 10.1 Å². The first-order valence-electron chi connectivity index (χ1n) is 5.91. The van der Waals surface area contributed by atoms with E-state index in [0.717, 1.165) is 0 Å². The lowest BCUT2D eigenvalue weighted by Crippen LogP contribution is -2.01. The van der Waals surface area contributed by atoms with Crippen LogP contribution in [0.4, 0.5) is 5.82 Å². The predicted octanol–water partition coefficient (Wildman–Crippen LogP) is 4.83. The molecular formula is C13H12Cl3N3O. The number of aryl methyl sites for hydroxylation is 1. The topological polar surface area (TPSA) is 47.0 Å². The van der Waals surface area contributed by atoms with Crippen LogP contribution in [0.2, 0.25) is 15.1 Å². The van der Waals surface area contributed by atoms with Crippen LogP contribution in [0.15, 0.2) is 18.2 Å². The Hall–Kier alpha value is -1.23. The minimum Gasteiger partial charge on any atom is -0.437 e. The molecule has 20 heavy (non-hydrogen) atoms. The van der Waals surface area contributed by atoms with E-state index in [0.29, 0.717) is 44.8 Å². The smallest absolute Gasteiger partial charge is 0.224 e. The Kier molecular flexibility index (Phi) is 4.91. The van der Waals surface area contributed by atoms with E-state index in [2.05, 4.69) is 15.3 Å². The predicted molar refractivity (Wildman–Crippen MR) is 82.5 cm³/mol. The van der Waals surface area contributed by atoms with Crippen LogP contribution in [0.3, 0.4) is 0 Å². The first-order chi connectivity index (χ1) is 9.53. The van der Waals surface area contributed by atoms with Crippen LogP contribution in [0.1, 0.15) is 12.7 Å². The molecule has 0 unspecified atom stereocenters. The molecule has 0 aliphatic rings. The van der Waals surface area contributed by atoms with Gasteiger partial charge in [0.1, 0.15) is 17.4 Å². The lowest BCUT2D eigenvalue weighted by atomic mass is 10.3. The zero-order valence-electron chi connectivity index (χ0n) is 10.9. The molecule has 0 bridgehead atoms. The Labute approximate surface area is 132 Å². The average molecular weight is 333 g/mol. The van der Waals surface area contributed by atoms with E-state index in [1.165, 1.54) is 6.07 Å². The fourth-order valence-corrected chi connectivity index (χ4v) is 2.08. The van der Waals surface area contributed by atoms with Gasteiger partial charge in [0.25, 0.3) is 0 Å². The lowest BCUT2D eigenvalue weighted by molar-refractivity contribution is 0.459. The van der Waals surface area contributed by atoms with Gasteiger partial charge < -0.3 is 10.1 Å². The van der Waals surface area contributed by atoms with E-state index >= 15 is 0 Å². The lowest BCUT2D eigenvalue weighted by Gasteiger charge is -2.10. The Morgan fingerprint density at radius 1 is 1.05 bits per heavy atom. The van der Waals surface area contributed by atoms with Gasteiger partial charge in [-0.05, 0) is 6.07 Å². The van der Waals surface area contributed by atoms with E-state index in [4.69, 9.17) is 39.5 Å². The summed E-state index contributed by atoms with van der Waals surface area (Å²) in [6.07, 6.45) is 0.695. The number of nitrogens with one attached hydrogen (secondary N) is 1. The number of rotatable bonds is 4. The van der Waals surface area contributed by atoms with Crippen molar-refractivity contribution in [2.75, 3.05) is 12.4 Å². The third kappa shape index (κ3) is 3.45. The molecule has 0 radical (unpaired) electrons. The molecule has 1 aromatic heterocycles. The van der Waals surface area contributed by atoms with Crippen molar-refractivity contribution in [2.45, 2.75) is 13.3 Å². The van der Waals surface area contributed by atoms with Crippen molar-refractivity contribution in [3.63, 3.8) is 0 Å². The molecule has 7 heteroatoms. The highest BCUT2D eigenvalue weighted by atomic mass is 35.5. The minimum atomic E-state index is 0.363. The number of halogens is 3. The van der Waals surface area contributed by atoms with Gasteiger partial charge >= 0.3 is 0 Å². The molecule has 1 N–H and O–H groups in total. The molecule has 0 saturated carbocycles. The van der Waals surface area contributed by atoms with Gasteiger partial charge in [0, 0.05) is 25.6 Å². The normalized spacial score (nSPS) is 10.4. The van der Waals surface area contributed by atoms with Crippen LogP contribution in [0.25, 0.3) is 0 Å². The van der Waals surface area contributed by atoms with E-state index in [9.17, 15) is 0 Å². The summed E-state index contributed by atoms with van der Waals surface area (Å²) in [6, 6.07) is 4.76. The fraction of sp³-hybridized carbons (Fsp3) is 0.231. The van der Waals surface area contributed by atoms with Crippen molar-refractivity contribution >= 4 is 40.6 Å². The third-order valence-electron chi connectivity index (χ3n) is 2.51. The molecule has 1 aromatic carbocycles. The van der Waals surface area contributed by atoms with E-state index < -0.39 is 0 Å². The summed E-state index contributed by atoms with van der Waals surface area (Å²) in [6.45, 7) is 1.96. The highest BCUT2D eigenvalue weighted by Gasteiger charge is 2.10. The van der Waals surface area contributed by atoms with Gasteiger partial charge in [-0.1, -0.05) is 41.7 Å².